The van der Waals surface area contributed by atoms with Crippen molar-refractivity contribution in [3.8, 4) is 0 Å². The fourth-order valence-electron chi connectivity index (χ4n) is 6.87. The molecule has 0 aromatic rings. The summed E-state index contributed by atoms with van der Waals surface area (Å²) in [7, 11) is 0. The lowest BCUT2D eigenvalue weighted by Gasteiger charge is -2.40. The van der Waals surface area contributed by atoms with Gasteiger partial charge in [-0.2, -0.15) is 0 Å². The second-order valence-electron chi connectivity index (χ2n) is 8.66. The van der Waals surface area contributed by atoms with Crippen molar-refractivity contribution in [1.29, 1.82) is 0 Å². The number of aliphatic hydroxyl groups excluding tert-OH is 1. The number of hydrogen-bond donors (Lipinski definition) is 2. The third-order valence-electron chi connectivity index (χ3n) is 7.85. The van der Waals surface area contributed by atoms with Gasteiger partial charge < -0.3 is 14.9 Å². The van der Waals surface area contributed by atoms with Gasteiger partial charge in [-0.1, -0.05) is 17.7 Å². The summed E-state index contributed by atoms with van der Waals surface area (Å²) in [5, 5.41) is 20.8. The number of carbonyl (C=O) groups excluding carboxylic acids is 1. The van der Waals surface area contributed by atoms with Crippen LogP contribution in [-0.4, -0.2) is 34.4 Å². The van der Waals surface area contributed by atoms with Gasteiger partial charge in [-0.25, -0.2) is 0 Å². The standard InChI is InChI=1S/C19H22O5/c1-8-6-19-7-9(8)3-4-11(19)10-5-12-15(20)18(2,17(23)24-12)13(10)14(19)16(21)22/h5,9,11-15,20H,1,3-4,6-7H2,2H3,(H,21,22)/t9-,11+,12-,13-,14-,15+,18+,19+/m1/s1. The van der Waals surface area contributed by atoms with Crippen molar-refractivity contribution in [3.63, 3.8) is 0 Å². The van der Waals surface area contributed by atoms with Crippen LogP contribution in [0.15, 0.2) is 23.8 Å². The number of hydrogen-bond acceptors (Lipinski definition) is 4. The van der Waals surface area contributed by atoms with E-state index in [1.165, 1.54) is 5.57 Å². The fraction of sp³-hybridized carbons (Fsp3) is 0.684. The van der Waals surface area contributed by atoms with E-state index in [0.717, 1.165) is 31.3 Å². The monoisotopic (exact) mass is 330 g/mol. The van der Waals surface area contributed by atoms with Crippen molar-refractivity contribution < 1.29 is 24.5 Å². The number of carbonyl (C=O) groups is 2. The van der Waals surface area contributed by atoms with Gasteiger partial charge in [0.1, 0.15) is 17.6 Å². The third kappa shape index (κ3) is 1.35. The summed E-state index contributed by atoms with van der Waals surface area (Å²) < 4.78 is 5.37. The number of carboxylic acid groups (broad SMARTS) is 1. The summed E-state index contributed by atoms with van der Waals surface area (Å²) in [4.78, 5) is 24.9. The van der Waals surface area contributed by atoms with Crippen LogP contribution in [0.4, 0.5) is 0 Å². The van der Waals surface area contributed by atoms with Gasteiger partial charge in [-0.05, 0) is 55.9 Å². The second kappa shape index (κ2) is 4.13. The Bertz CT molecular complexity index is 723. The molecule has 5 rings (SSSR count). The highest BCUT2D eigenvalue weighted by molar-refractivity contribution is 5.85. The summed E-state index contributed by atoms with van der Waals surface area (Å²) in [5.74, 6) is -1.84. The minimum absolute atomic E-state index is 0.169. The lowest BCUT2D eigenvalue weighted by molar-refractivity contribution is -0.156. The number of carboxylic acids is 1. The second-order valence-corrected chi connectivity index (χ2v) is 8.66. The summed E-state index contributed by atoms with van der Waals surface area (Å²) >= 11 is 0. The molecule has 24 heavy (non-hydrogen) atoms. The number of ether oxygens (including phenoxy) is 1. The van der Waals surface area contributed by atoms with Crippen LogP contribution in [0.3, 0.4) is 0 Å². The molecule has 0 radical (unpaired) electrons. The van der Waals surface area contributed by atoms with Crippen LogP contribution >= 0.6 is 0 Å². The molecule has 4 bridgehead atoms. The van der Waals surface area contributed by atoms with Crippen molar-refractivity contribution in [2.75, 3.05) is 0 Å². The molecule has 1 heterocycles. The first-order valence-electron chi connectivity index (χ1n) is 8.82. The quantitative estimate of drug-likeness (QED) is 0.567. The fourth-order valence-corrected chi connectivity index (χ4v) is 6.87. The predicted octanol–water partition coefficient (Wildman–Crippen LogP) is 1.91. The van der Waals surface area contributed by atoms with Gasteiger partial charge in [0.25, 0.3) is 0 Å². The lowest BCUT2D eigenvalue weighted by Crippen LogP contribution is -2.50. The molecule has 0 aromatic heterocycles. The number of allylic oxidation sites excluding steroid dienone is 2. The smallest absolute Gasteiger partial charge is 0.315 e. The van der Waals surface area contributed by atoms with E-state index in [1.54, 1.807) is 6.92 Å². The zero-order valence-corrected chi connectivity index (χ0v) is 13.7. The van der Waals surface area contributed by atoms with E-state index in [-0.39, 0.29) is 11.3 Å². The number of fused-ring (bicyclic) bond motifs is 6. The van der Waals surface area contributed by atoms with Gasteiger partial charge in [0.15, 0.2) is 0 Å². The maximum absolute atomic E-state index is 12.5. The minimum Gasteiger partial charge on any atom is -0.481 e. The number of aliphatic hydroxyl groups is 1. The molecule has 5 aliphatic rings. The normalized spacial score (nSPS) is 54.2. The van der Waals surface area contributed by atoms with E-state index in [9.17, 15) is 19.8 Å². The Morgan fingerprint density at radius 2 is 2.17 bits per heavy atom. The maximum atomic E-state index is 12.5. The van der Waals surface area contributed by atoms with E-state index in [4.69, 9.17) is 4.74 Å². The first-order valence-corrected chi connectivity index (χ1v) is 8.82. The Labute approximate surface area is 140 Å². The molecular weight excluding hydrogens is 308 g/mol. The molecule has 4 aliphatic carbocycles. The molecule has 128 valence electrons. The number of rotatable bonds is 1. The average Bonchev–Trinajstić information content (AvgIpc) is 3.00. The third-order valence-corrected chi connectivity index (χ3v) is 7.85. The van der Waals surface area contributed by atoms with Crippen molar-refractivity contribution in [2.45, 2.75) is 44.8 Å². The van der Waals surface area contributed by atoms with E-state index in [2.05, 4.69) is 6.58 Å². The Hall–Kier alpha value is -1.62. The average molecular weight is 330 g/mol. The number of aliphatic carboxylic acids is 1. The van der Waals surface area contributed by atoms with E-state index in [1.807, 2.05) is 6.08 Å². The van der Waals surface area contributed by atoms with Crippen molar-refractivity contribution in [1.82, 2.24) is 0 Å². The SMILES string of the molecule is C=C1C[C@]23C[C@H]1CC[C@H]2C1=C[C@H]2OC(=O)[C@@](C)([C@H]1[C@@H]3C(=O)O)[C@H]2O. The Balaban J connectivity index is 1.74. The largest absolute Gasteiger partial charge is 0.481 e. The topological polar surface area (TPSA) is 83.8 Å². The lowest BCUT2D eigenvalue weighted by atomic mass is 9.61. The molecule has 0 amide bonds. The number of esters is 1. The highest BCUT2D eigenvalue weighted by Crippen LogP contribution is 2.73. The maximum Gasteiger partial charge on any atom is 0.315 e. The molecule has 4 fully saturated rings. The first kappa shape index (κ1) is 14.7. The molecule has 8 atom stereocenters. The van der Waals surface area contributed by atoms with Crippen LogP contribution in [0.1, 0.15) is 32.6 Å². The molecule has 1 saturated heterocycles. The zero-order valence-electron chi connectivity index (χ0n) is 13.7. The van der Waals surface area contributed by atoms with E-state index < -0.39 is 41.4 Å². The van der Waals surface area contributed by atoms with Gasteiger partial charge in [0.2, 0.25) is 0 Å². The molecule has 0 aromatic carbocycles. The van der Waals surface area contributed by atoms with Crippen LogP contribution in [-0.2, 0) is 14.3 Å². The van der Waals surface area contributed by atoms with Crippen LogP contribution < -0.4 is 0 Å². The van der Waals surface area contributed by atoms with Gasteiger partial charge in [-0.15, -0.1) is 0 Å². The summed E-state index contributed by atoms with van der Waals surface area (Å²) in [6, 6.07) is 0. The summed E-state index contributed by atoms with van der Waals surface area (Å²) in [6.45, 7) is 5.90. The Morgan fingerprint density at radius 3 is 2.88 bits per heavy atom. The molecule has 5 heteroatoms. The molecule has 1 spiro atoms. The van der Waals surface area contributed by atoms with Crippen molar-refractivity contribution in [2.24, 2.45) is 34.5 Å². The molecule has 3 saturated carbocycles. The first-order chi connectivity index (χ1) is 11.3. The van der Waals surface area contributed by atoms with Crippen molar-refractivity contribution >= 4 is 11.9 Å². The molecule has 2 N–H and O–H groups in total. The van der Waals surface area contributed by atoms with Crippen LogP contribution in [0.5, 0.6) is 0 Å². The molecular formula is C19H22O5. The molecule has 5 nitrogen and oxygen atoms in total. The van der Waals surface area contributed by atoms with E-state index >= 15 is 0 Å². The Kier molecular flexibility index (Phi) is 2.53. The van der Waals surface area contributed by atoms with Gasteiger partial charge in [0.05, 0.1) is 5.92 Å². The summed E-state index contributed by atoms with van der Waals surface area (Å²) in [6.07, 6.45) is 3.87. The minimum atomic E-state index is -1.15. The highest BCUT2D eigenvalue weighted by atomic mass is 16.6. The van der Waals surface area contributed by atoms with Crippen LogP contribution in [0, 0.1) is 34.5 Å². The molecule has 1 aliphatic heterocycles. The summed E-state index contributed by atoms with van der Waals surface area (Å²) in [5.41, 5.74) is 0.736. The van der Waals surface area contributed by atoms with E-state index in [0.29, 0.717) is 5.92 Å². The zero-order chi connectivity index (χ0) is 17.0. The van der Waals surface area contributed by atoms with Crippen LogP contribution in [0.25, 0.3) is 0 Å². The predicted molar refractivity (Wildman–Crippen MR) is 83.7 cm³/mol. The highest BCUT2D eigenvalue weighted by Gasteiger charge is 2.74. The van der Waals surface area contributed by atoms with Crippen molar-refractivity contribution in [3.05, 3.63) is 23.8 Å². The van der Waals surface area contributed by atoms with Gasteiger partial charge in [-0.3, -0.25) is 9.59 Å². The Morgan fingerprint density at radius 1 is 1.42 bits per heavy atom. The molecule has 0 unspecified atom stereocenters. The van der Waals surface area contributed by atoms with Gasteiger partial charge >= 0.3 is 11.9 Å². The van der Waals surface area contributed by atoms with Crippen LogP contribution in [0.2, 0.25) is 0 Å². The van der Waals surface area contributed by atoms with Gasteiger partial charge in [0, 0.05) is 5.92 Å².